The lowest BCUT2D eigenvalue weighted by Crippen LogP contribution is -2.49. The van der Waals surface area contributed by atoms with E-state index < -0.39 is 0 Å². The van der Waals surface area contributed by atoms with E-state index in [0.717, 1.165) is 5.41 Å². The molecule has 2 fully saturated rings. The number of hydrogen-bond donors (Lipinski definition) is 1. The summed E-state index contributed by atoms with van der Waals surface area (Å²) in [6.07, 6.45) is 7.28. The van der Waals surface area contributed by atoms with Crippen molar-refractivity contribution < 1.29 is 0 Å². The third kappa shape index (κ3) is 2.29. The van der Waals surface area contributed by atoms with Crippen LogP contribution in [0.5, 0.6) is 0 Å². The Hall–Kier alpha value is -0.0800. The molecule has 1 heterocycles. The van der Waals surface area contributed by atoms with Gasteiger partial charge in [0.05, 0.1) is 0 Å². The second-order valence-electron chi connectivity index (χ2n) is 5.13. The van der Waals surface area contributed by atoms with Crippen molar-refractivity contribution in [3.63, 3.8) is 0 Å². The molecule has 0 aromatic carbocycles. The molecule has 1 N–H and O–H groups in total. The van der Waals surface area contributed by atoms with Gasteiger partial charge in [0.1, 0.15) is 0 Å². The zero-order chi connectivity index (χ0) is 9.86. The van der Waals surface area contributed by atoms with Crippen LogP contribution in [-0.4, -0.2) is 37.6 Å². The predicted octanol–water partition coefficient (Wildman–Crippen LogP) is 1.86. The van der Waals surface area contributed by atoms with E-state index in [1.54, 1.807) is 0 Å². The monoisotopic (exact) mass is 196 g/mol. The first-order valence-corrected chi connectivity index (χ1v) is 6.28. The second-order valence-corrected chi connectivity index (χ2v) is 5.13. The summed E-state index contributed by atoms with van der Waals surface area (Å²) in [5.74, 6) is 0. The van der Waals surface area contributed by atoms with Crippen LogP contribution in [0.1, 0.15) is 39.0 Å². The van der Waals surface area contributed by atoms with Crippen LogP contribution in [0, 0.1) is 5.41 Å². The molecule has 1 aliphatic heterocycles. The maximum Gasteiger partial charge on any atom is 0.0108 e. The van der Waals surface area contributed by atoms with Crippen molar-refractivity contribution in [2.24, 2.45) is 5.41 Å². The van der Waals surface area contributed by atoms with Crippen molar-refractivity contribution in [3.05, 3.63) is 0 Å². The first-order valence-electron chi connectivity index (χ1n) is 6.28. The number of nitrogens with zero attached hydrogens (tertiary/aromatic N) is 1. The Bertz CT molecular complexity index is 169. The van der Waals surface area contributed by atoms with Crippen LogP contribution in [0.3, 0.4) is 0 Å². The molecule has 0 unspecified atom stereocenters. The van der Waals surface area contributed by atoms with E-state index >= 15 is 0 Å². The Labute approximate surface area is 88.1 Å². The van der Waals surface area contributed by atoms with E-state index in [2.05, 4.69) is 17.1 Å². The van der Waals surface area contributed by atoms with Gasteiger partial charge in [0.2, 0.25) is 0 Å². The van der Waals surface area contributed by atoms with E-state index in [1.165, 1.54) is 64.8 Å². The zero-order valence-corrected chi connectivity index (χ0v) is 9.52. The summed E-state index contributed by atoms with van der Waals surface area (Å²) in [6.45, 7) is 8.64. The summed E-state index contributed by atoms with van der Waals surface area (Å²) < 4.78 is 0. The minimum Gasteiger partial charge on any atom is -0.314 e. The molecule has 1 saturated heterocycles. The topological polar surface area (TPSA) is 15.3 Å². The Morgan fingerprint density at radius 2 is 1.93 bits per heavy atom. The second kappa shape index (κ2) is 4.63. The van der Waals surface area contributed by atoms with Crippen molar-refractivity contribution in [2.75, 3.05) is 32.7 Å². The molecular weight excluding hydrogens is 172 g/mol. The smallest absolute Gasteiger partial charge is 0.0108 e. The molecule has 82 valence electrons. The van der Waals surface area contributed by atoms with E-state index in [0.29, 0.717) is 0 Å². The highest BCUT2D eigenvalue weighted by Crippen LogP contribution is 2.45. The molecule has 2 aliphatic rings. The Kier molecular flexibility index (Phi) is 3.45. The summed E-state index contributed by atoms with van der Waals surface area (Å²) in [5.41, 5.74) is 0.728. The van der Waals surface area contributed by atoms with Gasteiger partial charge >= 0.3 is 0 Å². The highest BCUT2D eigenvalue weighted by Gasteiger charge is 2.37. The predicted molar refractivity (Wildman–Crippen MR) is 60.5 cm³/mol. The van der Waals surface area contributed by atoms with Crippen LogP contribution < -0.4 is 5.32 Å². The summed E-state index contributed by atoms with van der Waals surface area (Å²) in [4.78, 5) is 2.67. The van der Waals surface area contributed by atoms with Crippen LogP contribution >= 0.6 is 0 Å². The third-order valence-corrected chi connectivity index (χ3v) is 3.96. The molecule has 14 heavy (non-hydrogen) atoms. The third-order valence-electron chi connectivity index (χ3n) is 3.96. The van der Waals surface area contributed by atoms with Gasteiger partial charge in [0, 0.05) is 32.7 Å². The fraction of sp³-hybridized carbons (Fsp3) is 1.00. The summed E-state index contributed by atoms with van der Waals surface area (Å²) in [5, 5.41) is 3.43. The lowest BCUT2D eigenvalue weighted by atomic mass is 9.66. The Morgan fingerprint density at radius 3 is 2.43 bits per heavy atom. The van der Waals surface area contributed by atoms with Gasteiger partial charge in [-0.05, 0) is 24.7 Å². The first-order chi connectivity index (χ1) is 6.85. The molecule has 1 aliphatic carbocycles. The molecule has 0 atom stereocenters. The van der Waals surface area contributed by atoms with Crippen LogP contribution in [-0.2, 0) is 0 Å². The van der Waals surface area contributed by atoms with Crippen LogP contribution in [0.4, 0.5) is 0 Å². The molecule has 1 saturated carbocycles. The molecule has 2 heteroatoms. The molecule has 0 radical (unpaired) electrons. The minimum atomic E-state index is 0.728. The van der Waals surface area contributed by atoms with Gasteiger partial charge < -0.3 is 10.2 Å². The number of nitrogens with one attached hydrogen (secondary N) is 1. The minimum absolute atomic E-state index is 0.728. The maximum atomic E-state index is 3.43. The fourth-order valence-electron chi connectivity index (χ4n) is 3.04. The molecule has 0 bridgehead atoms. The average Bonchev–Trinajstić information content (AvgIpc) is 2.16. The quantitative estimate of drug-likeness (QED) is 0.738. The molecule has 2 nitrogen and oxygen atoms in total. The summed E-state index contributed by atoms with van der Waals surface area (Å²) >= 11 is 0. The van der Waals surface area contributed by atoms with Gasteiger partial charge in [-0.15, -0.1) is 0 Å². The van der Waals surface area contributed by atoms with Crippen molar-refractivity contribution in [1.82, 2.24) is 10.2 Å². The normalized spacial score (nSPS) is 27.2. The zero-order valence-electron chi connectivity index (χ0n) is 9.52. The van der Waals surface area contributed by atoms with Crippen LogP contribution in [0.2, 0.25) is 0 Å². The molecule has 0 aromatic heterocycles. The van der Waals surface area contributed by atoms with Crippen molar-refractivity contribution in [3.8, 4) is 0 Å². The standard InChI is InChI=1S/C12H24N2/c1-2-4-12(5-3-6-12)11-14-9-7-13-8-10-14/h13H,2-11H2,1H3. The molecule has 2 rings (SSSR count). The molecule has 0 spiro atoms. The van der Waals surface area contributed by atoms with E-state index in [9.17, 15) is 0 Å². The molecule has 0 amide bonds. The van der Waals surface area contributed by atoms with E-state index in [4.69, 9.17) is 0 Å². The van der Waals surface area contributed by atoms with Gasteiger partial charge in [-0.1, -0.05) is 19.8 Å². The first kappa shape index (κ1) is 10.4. The van der Waals surface area contributed by atoms with Crippen molar-refractivity contribution >= 4 is 0 Å². The van der Waals surface area contributed by atoms with Gasteiger partial charge in [0.15, 0.2) is 0 Å². The summed E-state index contributed by atoms with van der Waals surface area (Å²) in [7, 11) is 0. The Balaban J connectivity index is 1.80. The van der Waals surface area contributed by atoms with Gasteiger partial charge in [-0.3, -0.25) is 0 Å². The van der Waals surface area contributed by atoms with E-state index in [1.807, 2.05) is 0 Å². The van der Waals surface area contributed by atoms with Gasteiger partial charge in [0.25, 0.3) is 0 Å². The van der Waals surface area contributed by atoms with Gasteiger partial charge in [-0.2, -0.15) is 0 Å². The largest absolute Gasteiger partial charge is 0.314 e. The highest BCUT2D eigenvalue weighted by atomic mass is 15.2. The van der Waals surface area contributed by atoms with Crippen molar-refractivity contribution in [1.29, 1.82) is 0 Å². The van der Waals surface area contributed by atoms with Crippen LogP contribution in [0.25, 0.3) is 0 Å². The maximum absolute atomic E-state index is 3.43. The molecule has 0 aromatic rings. The van der Waals surface area contributed by atoms with E-state index in [-0.39, 0.29) is 0 Å². The van der Waals surface area contributed by atoms with Gasteiger partial charge in [-0.25, -0.2) is 0 Å². The van der Waals surface area contributed by atoms with Crippen LogP contribution in [0.15, 0.2) is 0 Å². The average molecular weight is 196 g/mol. The molecular formula is C12H24N2. The van der Waals surface area contributed by atoms with Crippen molar-refractivity contribution in [2.45, 2.75) is 39.0 Å². The summed E-state index contributed by atoms with van der Waals surface area (Å²) in [6, 6.07) is 0. The SMILES string of the molecule is CCCC1(CN2CCNCC2)CCC1. The lowest BCUT2D eigenvalue weighted by molar-refractivity contribution is 0.0511. The number of piperazine rings is 1. The number of hydrogen-bond acceptors (Lipinski definition) is 2. The Morgan fingerprint density at radius 1 is 1.21 bits per heavy atom. The fourth-order valence-corrected chi connectivity index (χ4v) is 3.04. The highest BCUT2D eigenvalue weighted by molar-refractivity contribution is 4.90. The number of rotatable bonds is 4. The lowest BCUT2D eigenvalue weighted by Gasteiger charge is -2.46.